The first kappa shape index (κ1) is 13.7. The Bertz CT molecular complexity index is 661. The highest BCUT2D eigenvalue weighted by molar-refractivity contribution is 5.70. The first-order valence-corrected chi connectivity index (χ1v) is 7.25. The fourth-order valence-electron chi connectivity index (χ4n) is 2.83. The maximum Gasteiger partial charge on any atom is 0.307 e. The number of rotatable bonds is 5. The summed E-state index contributed by atoms with van der Waals surface area (Å²) >= 11 is 0. The Morgan fingerprint density at radius 3 is 2.62 bits per heavy atom. The van der Waals surface area contributed by atoms with Crippen LogP contribution in [0.4, 0.5) is 0 Å². The SMILES string of the molecule is O=C(O)Cc1ccccc1COc1ccc2c(c1)CCC2. The van der Waals surface area contributed by atoms with E-state index in [0.717, 1.165) is 29.7 Å². The standard InChI is InChI=1S/C18H18O3/c19-18(20)11-15-4-1-2-5-16(15)12-21-17-9-8-13-6-3-7-14(13)10-17/h1-2,4-5,8-10H,3,6-7,11-12H2,(H,19,20). The van der Waals surface area contributed by atoms with Gasteiger partial charge in [0.1, 0.15) is 12.4 Å². The summed E-state index contributed by atoms with van der Waals surface area (Å²) in [7, 11) is 0. The van der Waals surface area contributed by atoms with Crippen LogP contribution in [-0.2, 0) is 30.7 Å². The Labute approximate surface area is 124 Å². The van der Waals surface area contributed by atoms with E-state index in [1.807, 2.05) is 30.3 Å². The Kier molecular flexibility index (Phi) is 3.91. The average Bonchev–Trinajstić information content (AvgIpc) is 2.93. The zero-order chi connectivity index (χ0) is 14.7. The summed E-state index contributed by atoms with van der Waals surface area (Å²) in [6, 6.07) is 13.8. The third kappa shape index (κ3) is 3.24. The maximum absolute atomic E-state index is 10.9. The van der Waals surface area contributed by atoms with E-state index >= 15 is 0 Å². The molecular formula is C18H18O3. The van der Waals surface area contributed by atoms with Crippen LogP contribution < -0.4 is 4.74 Å². The van der Waals surface area contributed by atoms with Crippen molar-refractivity contribution in [2.45, 2.75) is 32.3 Å². The summed E-state index contributed by atoms with van der Waals surface area (Å²) in [5, 5.41) is 8.94. The van der Waals surface area contributed by atoms with Crippen LogP contribution in [0.1, 0.15) is 28.7 Å². The number of hydrogen-bond donors (Lipinski definition) is 1. The van der Waals surface area contributed by atoms with Crippen molar-refractivity contribution in [1.82, 2.24) is 0 Å². The molecule has 3 heteroatoms. The van der Waals surface area contributed by atoms with Gasteiger partial charge in [-0.15, -0.1) is 0 Å². The summed E-state index contributed by atoms with van der Waals surface area (Å²) in [5.74, 6) is 0.0424. The lowest BCUT2D eigenvalue weighted by Gasteiger charge is -2.11. The molecule has 0 fully saturated rings. The molecular weight excluding hydrogens is 264 g/mol. The molecule has 1 N–H and O–H groups in total. The molecule has 108 valence electrons. The van der Waals surface area contributed by atoms with Gasteiger partial charge in [-0.05, 0) is 53.6 Å². The predicted molar refractivity (Wildman–Crippen MR) is 80.6 cm³/mol. The average molecular weight is 282 g/mol. The number of benzene rings is 2. The van der Waals surface area contributed by atoms with Gasteiger partial charge in [0.2, 0.25) is 0 Å². The smallest absolute Gasteiger partial charge is 0.307 e. The van der Waals surface area contributed by atoms with E-state index in [1.54, 1.807) is 0 Å². The van der Waals surface area contributed by atoms with E-state index in [2.05, 4.69) is 12.1 Å². The first-order valence-electron chi connectivity index (χ1n) is 7.25. The predicted octanol–water partition coefficient (Wildman–Crippen LogP) is 3.38. The van der Waals surface area contributed by atoms with E-state index in [0.29, 0.717) is 6.61 Å². The normalized spacial score (nSPS) is 13.0. The molecule has 0 aromatic heterocycles. The Balaban J connectivity index is 1.71. The van der Waals surface area contributed by atoms with Crippen LogP contribution in [0.2, 0.25) is 0 Å². The Morgan fingerprint density at radius 2 is 1.81 bits per heavy atom. The molecule has 1 aliphatic rings. The zero-order valence-electron chi connectivity index (χ0n) is 11.8. The monoisotopic (exact) mass is 282 g/mol. The van der Waals surface area contributed by atoms with Crippen LogP contribution in [0, 0.1) is 0 Å². The van der Waals surface area contributed by atoms with Gasteiger partial charge in [0.05, 0.1) is 6.42 Å². The van der Waals surface area contributed by atoms with Crippen molar-refractivity contribution in [2.24, 2.45) is 0 Å². The molecule has 21 heavy (non-hydrogen) atoms. The first-order chi connectivity index (χ1) is 10.2. The second-order valence-corrected chi connectivity index (χ2v) is 5.41. The molecule has 0 atom stereocenters. The summed E-state index contributed by atoms with van der Waals surface area (Å²) in [6.07, 6.45) is 3.54. The molecule has 0 heterocycles. The lowest BCUT2D eigenvalue weighted by Crippen LogP contribution is -2.06. The third-order valence-corrected chi connectivity index (χ3v) is 3.92. The van der Waals surface area contributed by atoms with Crippen molar-refractivity contribution >= 4 is 5.97 Å². The van der Waals surface area contributed by atoms with Gasteiger partial charge < -0.3 is 9.84 Å². The molecule has 2 aromatic carbocycles. The second kappa shape index (κ2) is 6.00. The largest absolute Gasteiger partial charge is 0.489 e. The zero-order valence-corrected chi connectivity index (χ0v) is 11.8. The van der Waals surface area contributed by atoms with Crippen molar-refractivity contribution in [3.8, 4) is 5.75 Å². The van der Waals surface area contributed by atoms with Gasteiger partial charge in [0, 0.05) is 0 Å². The maximum atomic E-state index is 10.9. The van der Waals surface area contributed by atoms with Crippen LogP contribution in [0.15, 0.2) is 42.5 Å². The van der Waals surface area contributed by atoms with Crippen LogP contribution in [0.3, 0.4) is 0 Å². The lowest BCUT2D eigenvalue weighted by atomic mass is 10.1. The molecule has 0 saturated heterocycles. The number of fused-ring (bicyclic) bond motifs is 1. The number of ether oxygens (including phenoxy) is 1. The summed E-state index contributed by atoms with van der Waals surface area (Å²) in [4.78, 5) is 10.9. The number of hydrogen-bond acceptors (Lipinski definition) is 2. The quantitative estimate of drug-likeness (QED) is 0.914. The van der Waals surface area contributed by atoms with E-state index < -0.39 is 5.97 Å². The molecule has 2 aromatic rings. The minimum Gasteiger partial charge on any atom is -0.489 e. The van der Waals surface area contributed by atoms with Crippen molar-refractivity contribution in [1.29, 1.82) is 0 Å². The molecule has 3 nitrogen and oxygen atoms in total. The molecule has 0 unspecified atom stereocenters. The van der Waals surface area contributed by atoms with Gasteiger partial charge >= 0.3 is 5.97 Å². The molecule has 0 saturated carbocycles. The molecule has 0 aliphatic heterocycles. The number of aryl methyl sites for hydroxylation is 2. The topological polar surface area (TPSA) is 46.5 Å². The fourth-order valence-corrected chi connectivity index (χ4v) is 2.83. The number of carbonyl (C=O) groups is 1. The molecule has 0 bridgehead atoms. The van der Waals surface area contributed by atoms with Crippen molar-refractivity contribution in [3.05, 3.63) is 64.7 Å². The van der Waals surface area contributed by atoms with Gasteiger partial charge in [0.15, 0.2) is 0 Å². The van der Waals surface area contributed by atoms with E-state index in [-0.39, 0.29) is 6.42 Å². The van der Waals surface area contributed by atoms with Gasteiger partial charge in [-0.2, -0.15) is 0 Å². The molecule has 0 spiro atoms. The van der Waals surface area contributed by atoms with Crippen molar-refractivity contribution in [3.63, 3.8) is 0 Å². The molecule has 3 rings (SSSR count). The van der Waals surface area contributed by atoms with Crippen LogP contribution in [-0.4, -0.2) is 11.1 Å². The highest BCUT2D eigenvalue weighted by atomic mass is 16.5. The van der Waals surface area contributed by atoms with Crippen LogP contribution >= 0.6 is 0 Å². The second-order valence-electron chi connectivity index (χ2n) is 5.41. The minimum absolute atomic E-state index is 0.0315. The summed E-state index contributed by atoms with van der Waals surface area (Å²) < 4.78 is 5.85. The highest BCUT2D eigenvalue weighted by Gasteiger charge is 2.12. The van der Waals surface area contributed by atoms with Gasteiger partial charge in [-0.25, -0.2) is 0 Å². The number of carboxylic acid groups (broad SMARTS) is 1. The van der Waals surface area contributed by atoms with Crippen LogP contribution in [0.5, 0.6) is 5.75 Å². The van der Waals surface area contributed by atoms with Crippen LogP contribution in [0.25, 0.3) is 0 Å². The summed E-state index contributed by atoms with van der Waals surface area (Å²) in [5.41, 5.74) is 4.55. The Morgan fingerprint density at radius 1 is 1.05 bits per heavy atom. The highest BCUT2D eigenvalue weighted by Crippen LogP contribution is 2.26. The lowest BCUT2D eigenvalue weighted by molar-refractivity contribution is -0.136. The Hall–Kier alpha value is -2.29. The third-order valence-electron chi connectivity index (χ3n) is 3.92. The van der Waals surface area contributed by atoms with Crippen molar-refractivity contribution < 1.29 is 14.6 Å². The minimum atomic E-state index is -0.819. The van der Waals surface area contributed by atoms with E-state index in [1.165, 1.54) is 17.5 Å². The van der Waals surface area contributed by atoms with Gasteiger partial charge in [0.25, 0.3) is 0 Å². The van der Waals surface area contributed by atoms with E-state index in [9.17, 15) is 4.79 Å². The van der Waals surface area contributed by atoms with Gasteiger partial charge in [-0.1, -0.05) is 30.3 Å². The molecule has 0 amide bonds. The number of aliphatic carboxylic acids is 1. The van der Waals surface area contributed by atoms with Crippen molar-refractivity contribution in [2.75, 3.05) is 0 Å². The molecule has 1 aliphatic carbocycles. The number of carboxylic acids is 1. The fraction of sp³-hybridized carbons (Fsp3) is 0.278. The molecule has 0 radical (unpaired) electrons. The summed E-state index contributed by atoms with van der Waals surface area (Å²) in [6.45, 7) is 0.405. The van der Waals surface area contributed by atoms with E-state index in [4.69, 9.17) is 9.84 Å². The van der Waals surface area contributed by atoms with Gasteiger partial charge in [-0.3, -0.25) is 4.79 Å².